The second-order valence-corrected chi connectivity index (χ2v) is 4.16. The summed E-state index contributed by atoms with van der Waals surface area (Å²) in [7, 11) is 0. The topological polar surface area (TPSA) is 59.0 Å². The maximum Gasteiger partial charge on any atom is 0.319 e. The summed E-state index contributed by atoms with van der Waals surface area (Å²) >= 11 is 0. The lowest BCUT2D eigenvalue weighted by Crippen LogP contribution is -2.30. The molecule has 1 aromatic heterocycles. The lowest BCUT2D eigenvalue weighted by Gasteiger charge is -2.08. The smallest absolute Gasteiger partial charge is 0.319 e. The zero-order valence-corrected chi connectivity index (χ0v) is 10.6. The molecule has 1 heterocycles. The molecule has 20 heavy (non-hydrogen) atoms. The van der Waals surface area contributed by atoms with Crippen molar-refractivity contribution >= 4 is 11.7 Å². The standard InChI is InChI=1S/C13H14F2N4O/c14-10-2-3-11(15)12(8-10)18-13(20)17-4-1-6-19-7-5-16-9-19/h2-3,5,7-9H,1,4,6H2,(H2,17,18,20). The van der Waals surface area contributed by atoms with Crippen molar-refractivity contribution in [2.45, 2.75) is 13.0 Å². The molecule has 1 aromatic carbocycles. The van der Waals surface area contributed by atoms with Crippen LogP contribution in [0.25, 0.3) is 0 Å². The van der Waals surface area contributed by atoms with Crippen LogP contribution < -0.4 is 10.6 Å². The largest absolute Gasteiger partial charge is 0.338 e. The lowest BCUT2D eigenvalue weighted by molar-refractivity contribution is 0.251. The molecule has 0 aliphatic rings. The summed E-state index contributed by atoms with van der Waals surface area (Å²) < 4.78 is 28.1. The first-order valence-corrected chi connectivity index (χ1v) is 6.11. The molecule has 0 saturated carbocycles. The quantitative estimate of drug-likeness (QED) is 0.826. The highest BCUT2D eigenvalue weighted by atomic mass is 19.1. The van der Waals surface area contributed by atoms with Gasteiger partial charge < -0.3 is 15.2 Å². The molecule has 5 nitrogen and oxygen atoms in total. The Balaban J connectivity index is 1.73. The third-order valence-electron chi connectivity index (χ3n) is 2.61. The Morgan fingerprint density at radius 3 is 2.95 bits per heavy atom. The number of anilines is 1. The van der Waals surface area contributed by atoms with Gasteiger partial charge in [0, 0.05) is 31.5 Å². The molecule has 2 amide bonds. The van der Waals surface area contributed by atoms with Gasteiger partial charge in [-0.15, -0.1) is 0 Å². The van der Waals surface area contributed by atoms with Gasteiger partial charge in [-0.1, -0.05) is 0 Å². The summed E-state index contributed by atoms with van der Waals surface area (Å²) in [5, 5.41) is 4.83. The summed E-state index contributed by atoms with van der Waals surface area (Å²) in [6.45, 7) is 1.13. The fourth-order valence-corrected chi connectivity index (χ4v) is 1.64. The summed E-state index contributed by atoms with van der Waals surface area (Å²) in [6, 6.07) is 2.31. The van der Waals surface area contributed by atoms with E-state index in [-0.39, 0.29) is 5.69 Å². The molecule has 0 fully saturated rings. The molecule has 0 aliphatic heterocycles. The van der Waals surface area contributed by atoms with Crippen molar-refractivity contribution in [2.24, 2.45) is 0 Å². The molecule has 0 atom stereocenters. The minimum atomic E-state index is -0.681. The Morgan fingerprint density at radius 1 is 1.35 bits per heavy atom. The summed E-state index contributed by atoms with van der Waals surface area (Å²) in [4.78, 5) is 15.4. The zero-order chi connectivity index (χ0) is 14.4. The number of benzene rings is 1. The first kappa shape index (κ1) is 14.0. The minimum Gasteiger partial charge on any atom is -0.338 e. The fraction of sp³-hybridized carbons (Fsp3) is 0.231. The molecular weight excluding hydrogens is 266 g/mol. The normalized spacial score (nSPS) is 10.3. The predicted molar refractivity (Wildman–Crippen MR) is 70.2 cm³/mol. The van der Waals surface area contributed by atoms with Gasteiger partial charge in [-0.05, 0) is 18.6 Å². The van der Waals surface area contributed by atoms with E-state index in [4.69, 9.17) is 0 Å². The van der Waals surface area contributed by atoms with E-state index in [1.165, 1.54) is 0 Å². The van der Waals surface area contributed by atoms with E-state index < -0.39 is 17.7 Å². The number of carbonyl (C=O) groups is 1. The van der Waals surface area contributed by atoms with Gasteiger partial charge in [-0.25, -0.2) is 18.6 Å². The molecule has 0 saturated heterocycles. The Hall–Kier alpha value is -2.44. The number of imidazole rings is 1. The SMILES string of the molecule is O=C(NCCCn1ccnc1)Nc1cc(F)ccc1F. The number of carbonyl (C=O) groups excluding carboxylic acids is 1. The van der Waals surface area contributed by atoms with Crippen molar-refractivity contribution in [3.05, 3.63) is 48.6 Å². The van der Waals surface area contributed by atoms with Crippen LogP contribution in [0.5, 0.6) is 0 Å². The van der Waals surface area contributed by atoms with Gasteiger partial charge >= 0.3 is 6.03 Å². The second kappa shape index (κ2) is 6.65. The lowest BCUT2D eigenvalue weighted by atomic mass is 10.3. The molecule has 2 N–H and O–H groups in total. The molecular formula is C13H14F2N4O. The number of nitrogens with zero attached hydrogens (tertiary/aromatic N) is 2. The molecule has 0 radical (unpaired) electrons. The van der Waals surface area contributed by atoms with E-state index in [0.29, 0.717) is 19.5 Å². The van der Waals surface area contributed by atoms with E-state index in [0.717, 1.165) is 18.2 Å². The van der Waals surface area contributed by atoms with E-state index >= 15 is 0 Å². The van der Waals surface area contributed by atoms with Crippen LogP contribution >= 0.6 is 0 Å². The summed E-state index contributed by atoms with van der Waals surface area (Å²) in [6.07, 6.45) is 5.88. The number of rotatable bonds is 5. The van der Waals surface area contributed by atoms with Crippen molar-refractivity contribution in [3.8, 4) is 0 Å². The Labute approximate surface area is 114 Å². The number of halogens is 2. The van der Waals surface area contributed by atoms with E-state index in [9.17, 15) is 13.6 Å². The van der Waals surface area contributed by atoms with Gasteiger partial charge in [0.15, 0.2) is 0 Å². The highest BCUT2D eigenvalue weighted by Crippen LogP contribution is 2.14. The van der Waals surface area contributed by atoms with Crippen molar-refractivity contribution in [2.75, 3.05) is 11.9 Å². The van der Waals surface area contributed by atoms with Crippen molar-refractivity contribution in [1.29, 1.82) is 0 Å². The van der Waals surface area contributed by atoms with Gasteiger partial charge in [0.25, 0.3) is 0 Å². The highest BCUT2D eigenvalue weighted by Gasteiger charge is 2.07. The average Bonchev–Trinajstić information content (AvgIpc) is 2.92. The minimum absolute atomic E-state index is 0.183. The number of amides is 2. The van der Waals surface area contributed by atoms with Crippen LogP contribution in [0.2, 0.25) is 0 Å². The zero-order valence-electron chi connectivity index (χ0n) is 10.6. The van der Waals surface area contributed by atoms with Crippen LogP contribution in [0.15, 0.2) is 36.9 Å². The van der Waals surface area contributed by atoms with Crippen molar-refractivity contribution < 1.29 is 13.6 Å². The van der Waals surface area contributed by atoms with Crippen LogP contribution in [0.4, 0.5) is 19.3 Å². The van der Waals surface area contributed by atoms with Gasteiger partial charge in [0.1, 0.15) is 11.6 Å². The Kier molecular flexibility index (Phi) is 4.65. The van der Waals surface area contributed by atoms with Gasteiger partial charge in [-0.2, -0.15) is 0 Å². The van der Waals surface area contributed by atoms with E-state index in [1.54, 1.807) is 12.5 Å². The van der Waals surface area contributed by atoms with Crippen LogP contribution in [-0.2, 0) is 6.54 Å². The monoisotopic (exact) mass is 280 g/mol. The number of urea groups is 1. The number of hydrogen-bond acceptors (Lipinski definition) is 2. The average molecular weight is 280 g/mol. The molecule has 2 aromatic rings. The van der Waals surface area contributed by atoms with Crippen LogP contribution in [0, 0.1) is 11.6 Å². The van der Waals surface area contributed by atoms with Crippen LogP contribution in [0.1, 0.15) is 6.42 Å². The number of aryl methyl sites for hydroxylation is 1. The predicted octanol–water partition coefficient (Wildman–Crippen LogP) is 2.37. The van der Waals surface area contributed by atoms with Gasteiger partial charge in [-0.3, -0.25) is 0 Å². The number of hydrogen-bond donors (Lipinski definition) is 2. The molecule has 0 aliphatic carbocycles. The molecule has 0 bridgehead atoms. The van der Waals surface area contributed by atoms with Gasteiger partial charge in [0.2, 0.25) is 0 Å². The Morgan fingerprint density at radius 2 is 2.20 bits per heavy atom. The number of nitrogens with one attached hydrogen (secondary N) is 2. The Bertz CT molecular complexity index is 572. The van der Waals surface area contributed by atoms with Crippen LogP contribution in [0.3, 0.4) is 0 Å². The number of aromatic nitrogens is 2. The molecule has 2 rings (SSSR count). The third-order valence-corrected chi connectivity index (χ3v) is 2.61. The van der Waals surface area contributed by atoms with E-state index in [2.05, 4.69) is 15.6 Å². The first-order valence-electron chi connectivity index (χ1n) is 6.11. The highest BCUT2D eigenvalue weighted by molar-refractivity contribution is 5.89. The van der Waals surface area contributed by atoms with E-state index in [1.807, 2.05) is 10.8 Å². The molecule has 0 spiro atoms. The van der Waals surface area contributed by atoms with Gasteiger partial charge in [0.05, 0.1) is 12.0 Å². The van der Waals surface area contributed by atoms with Crippen LogP contribution in [-0.4, -0.2) is 22.1 Å². The molecule has 7 heteroatoms. The maximum absolute atomic E-state index is 13.3. The third kappa shape index (κ3) is 4.04. The second-order valence-electron chi connectivity index (χ2n) is 4.16. The first-order chi connectivity index (χ1) is 9.65. The molecule has 0 unspecified atom stereocenters. The van der Waals surface area contributed by atoms with Crippen molar-refractivity contribution in [1.82, 2.24) is 14.9 Å². The summed E-state index contributed by atoms with van der Waals surface area (Å²) in [5.74, 6) is -1.29. The fourth-order valence-electron chi connectivity index (χ4n) is 1.64. The maximum atomic E-state index is 13.3. The van der Waals surface area contributed by atoms with Crippen molar-refractivity contribution in [3.63, 3.8) is 0 Å². The summed E-state index contributed by atoms with van der Waals surface area (Å²) in [5.41, 5.74) is -0.183. The molecule has 106 valence electrons.